The molecule has 2 aromatic rings. The lowest BCUT2D eigenvalue weighted by Crippen LogP contribution is -2.12. The summed E-state index contributed by atoms with van der Waals surface area (Å²) < 4.78 is 13.6. The Balaban J connectivity index is 2.19. The predicted molar refractivity (Wildman–Crippen MR) is 71.3 cm³/mol. The number of pyridine rings is 1. The van der Waals surface area contributed by atoms with Crippen LogP contribution in [0.15, 0.2) is 41.0 Å². The number of anilines is 1. The molecular formula is C12H7BrClFN2O. The van der Waals surface area contributed by atoms with Crippen molar-refractivity contribution >= 4 is 39.1 Å². The molecule has 0 atom stereocenters. The highest BCUT2D eigenvalue weighted by Gasteiger charge is 2.09. The summed E-state index contributed by atoms with van der Waals surface area (Å²) in [5.74, 6) is -0.904. The molecule has 1 N–H and O–H groups in total. The molecule has 0 aliphatic heterocycles. The zero-order chi connectivity index (χ0) is 13.1. The van der Waals surface area contributed by atoms with E-state index in [0.29, 0.717) is 10.2 Å². The second kappa shape index (κ2) is 5.46. The molecule has 2 rings (SSSR count). The third kappa shape index (κ3) is 3.05. The van der Waals surface area contributed by atoms with Gasteiger partial charge in [0.25, 0.3) is 5.91 Å². The molecule has 0 spiro atoms. The monoisotopic (exact) mass is 328 g/mol. The molecular weight excluding hydrogens is 322 g/mol. The van der Waals surface area contributed by atoms with Gasteiger partial charge in [0, 0.05) is 17.4 Å². The molecule has 0 aliphatic carbocycles. The lowest BCUT2D eigenvalue weighted by atomic mass is 10.2. The molecule has 3 nitrogen and oxygen atoms in total. The number of hydrogen-bond donors (Lipinski definition) is 1. The van der Waals surface area contributed by atoms with E-state index in [0.717, 1.165) is 6.07 Å². The highest BCUT2D eigenvalue weighted by atomic mass is 79.9. The van der Waals surface area contributed by atoms with Gasteiger partial charge in [0.05, 0.1) is 4.47 Å². The lowest BCUT2D eigenvalue weighted by Gasteiger charge is -2.05. The fraction of sp³-hybridized carbons (Fsp3) is 0. The number of nitrogens with zero attached hydrogens (tertiary/aromatic N) is 1. The van der Waals surface area contributed by atoms with Crippen LogP contribution in [-0.4, -0.2) is 10.9 Å². The van der Waals surface area contributed by atoms with Gasteiger partial charge in [-0.3, -0.25) is 4.79 Å². The van der Waals surface area contributed by atoms with Crippen LogP contribution in [0.1, 0.15) is 10.4 Å². The summed E-state index contributed by atoms with van der Waals surface area (Å²) in [6.07, 6.45) is 1.47. The molecule has 1 amide bonds. The number of amides is 1. The fourth-order valence-corrected chi connectivity index (χ4v) is 1.74. The number of aromatic nitrogens is 1. The zero-order valence-electron chi connectivity index (χ0n) is 8.95. The first kappa shape index (κ1) is 13.0. The Kier molecular flexibility index (Phi) is 3.93. The van der Waals surface area contributed by atoms with Gasteiger partial charge in [-0.05, 0) is 46.3 Å². The van der Waals surface area contributed by atoms with Crippen LogP contribution in [0.2, 0.25) is 5.15 Å². The molecule has 0 fully saturated rings. The third-order valence-corrected chi connectivity index (χ3v) is 3.02. The highest BCUT2D eigenvalue weighted by molar-refractivity contribution is 9.10. The highest BCUT2D eigenvalue weighted by Crippen LogP contribution is 2.18. The average Bonchev–Trinajstić information content (AvgIpc) is 2.32. The Morgan fingerprint density at radius 1 is 1.33 bits per heavy atom. The van der Waals surface area contributed by atoms with Crippen molar-refractivity contribution in [2.24, 2.45) is 0 Å². The maximum atomic E-state index is 13.3. The second-order valence-corrected chi connectivity index (χ2v) is 4.69. The van der Waals surface area contributed by atoms with E-state index in [4.69, 9.17) is 11.6 Å². The molecule has 1 heterocycles. The van der Waals surface area contributed by atoms with Gasteiger partial charge in [-0.25, -0.2) is 9.37 Å². The van der Waals surface area contributed by atoms with Crippen LogP contribution < -0.4 is 5.32 Å². The van der Waals surface area contributed by atoms with Gasteiger partial charge in [0.2, 0.25) is 0 Å². The molecule has 0 bridgehead atoms. The van der Waals surface area contributed by atoms with Gasteiger partial charge in [0.1, 0.15) is 11.0 Å². The minimum atomic E-state index is -0.490. The quantitative estimate of drug-likeness (QED) is 0.849. The third-order valence-electron chi connectivity index (χ3n) is 2.17. The Labute approximate surface area is 116 Å². The summed E-state index contributed by atoms with van der Waals surface area (Å²) in [5.41, 5.74) is 0.729. The number of halogens is 3. The van der Waals surface area contributed by atoms with Gasteiger partial charge < -0.3 is 5.32 Å². The molecule has 6 heteroatoms. The Bertz CT molecular complexity index is 606. The van der Waals surface area contributed by atoms with Crippen molar-refractivity contribution in [1.29, 1.82) is 0 Å². The van der Waals surface area contributed by atoms with Crippen LogP contribution in [0.3, 0.4) is 0 Å². The summed E-state index contributed by atoms with van der Waals surface area (Å²) in [7, 11) is 0. The van der Waals surface area contributed by atoms with Gasteiger partial charge in [-0.15, -0.1) is 0 Å². The molecule has 0 saturated heterocycles. The summed E-state index contributed by atoms with van der Waals surface area (Å²) in [5, 5.41) is 2.87. The molecule has 0 radical (unpaired) electrons. The van der Waals surface area contributed by atoms with E-state index >= 15 is 0 Å². The first-order chi connectivity index (χ1) is 8.56. The Hall–Kier alpha value is -1.46. The van der Waals surface area contributed by atoms with E-state index in [1.54, 1.807) is 6.07 Å². The zero-order valence-corrected chi connectivity index (χ0v) is 11.3. The van der Waals surface area contributed by atoms with E-state index in [2.05, 4.69) is 26.2 Å². The van der Waals surface area contributed by atoms with Gasteiger partial charge >= 0.3 is 0 Å². The van der Waals surface area contributed by atoms with Crippen molar-refractivity contribution in [3.05, 3.63) is 57.5 Å². The second-order valence-electron chi connectivity index (χ2n) is 3.45. The molecule has 0 aliphatic rings. The van der Waals surface area contributed by atoms with Crippen molar-refractivity contribution in [3.8, 4) is 0 Å². The number of hydrogen-bond acceptors (Lipinski definition) is 2. The van der Waals surface area contributed by atoms with Gasteiger partial charge in [-0.1, -0.05) is 11.6 Å². The van der Waals surface area contributed by atoms with Crippen molar-refractivity contribution in [2.45, 2.75) is 0 Å². The fourth-order valence-electron chi connectivity index (χ4n) is 1.32. The van der Waals surface area contributed by atoms with Gasteiger partial charge in [0.15, 0.2) is 0 Å². The van der Waals surface area contributed by atoms with E-state index in [1.807, 2.05) is 0 Å². The smallest absolute Gasteiger partial charge is 0.255 e. The van der Waals surface area contributed by atoms with Crippen LogP contribution in [0.4, 0.5) is 10.1 Å². The SMILES string of the molecule is O=C(Nc1ccnc(Cl)c1)c1ccc(Br)c(F)c1. The molecule has 0 saturated carbocycles. The van der Waals surface area contributed by atoms with Crippen molar-refractivity contribution in [3.63, 3.8) is 0 Å². The maximum absolute atomic E-state index is 13.3. The standard InChI is InChI=1S/C12H7BrClFN2O/c13-9-2-1-7(5-10(9)15)12(18)17-8-3-4-16-11(14)6-8/h1-6H,(H,16,17,18). The number of benzene rings is 1. The maximum Gasteiger partial charge on any atom is 0.255 e. The molecule has 92 valence electrons. The molecule has 0 unspecified atom stereocenters. The lowest BCUT2D eigenvalue weighted by molar-refractivity contribution is 0.102. The first-order valence-corrected chi connectivity index (χ1v) is 6.11. The van der Waals surface area contributed by atoms with Crippen LogP contribution in [0.5, 0.6) is 0 Å². The van der Waals surface area contributed by atoms with Gasteiger partial charge in [-0.2, -0.15) is 0 Å². The van der Waals surface area contributed by atoms with Crippen molar-refractivity contribution in [2.75, 3.05) is 5.32 Å². The predicted octanol–water partition coefficient (Wildman–Crippen LogP) is 3.89. The minimum absolute atomic E-state index is 0.226. The largest absolute Gasteiger partial charge is 0.322 e. The summed E-state index contributed by atoms with van der Waals surface area (Å²) in [6.45, 7) is 0. The minimum Gasteiger partial charge on any atom is -0.322 e. The van der Waals surface area contributed by atoms with Crippen LogP contribution in [0.25, 0.3) is 0 Å². The van der Waals surface area contributed by atoms with E-state index in [9.17, 15) is 9.18 Å². The molecule has 1 aromatic heterocycles. The summed E-state index contributed by atoms with van der Waals surface area (Å²) in [6, 6.07) is 7.25. The summed E-state index contributed by atoms with van der Waals surface area (Å²) >= 11 is 8.71. The van der Waals surface area contributed by atoms with Crippen LogP contribution >= 0.6 is 27.5 Å². The number of nitrogens with one attached hydrogen (secondary N) is 1. The van der Waals surface area contributed by atoms with E-state index < -0.39 is 11.7 Å². The normalized spacial score (nSPS) is 10.2. The number of carbonyl (C=O) groups excluding carboxylic acids is 1. The van der Waals surface area contributed by atoms with E-state index in [-0.39, 0.29) is 10.7 Å². The number of carbonyl (C=O) groups is 1. The number of rotatable bonds is 2. The van der Waals surface area contributed by atoms with Crippen LogP contribution in [-0.2, 0) is 0 Å². The molecule has 1 aromatic carbocycles. The topological polar surface area (TPSA) is 42.0 Å². The van der Waals surface area contributed by atoms with Crippen molar-refractivity contribution < 1.29 is 9.18 Å². The Morgan fingerprint density at radius 2 is 2.11 bits per heavy atom. The van der Waals surface area contributed by atoms with E-state index in [1.165, 1.54) is 24.4 Å². The first-order valence-electron chi connectivity index (χ1n) is 4.94. The van der Waals surface area contributed by atoms with Crippen molar-refractivity contribution in [1.82, 2.24) is 4.98 Å². The summed E-state index contributed by atoms with van der Waals surface area (Å²) in [4.78, 5) is 15.6. The Morgan fingerprint density at radius 3 is 2.78 bits per heavy atom. The average molecular weight is 330 g/mol. The van der Waals surface area contributed by atoms with Crippen LogP contribution in [0, 0.1) is 5.82 Å². The molecule has 18 heavy (non-hydrogen) atoms.